The summed E-state index contributed by atoms with van der Waals surface area (Å²) in [5.41, 5.74) is 9.64. The Morgan fingerprint density at radius 1 is 1.27 bits per heavy atom. The van der Waals surface area contributed by atoms with Gasteiger partial charge in [-0.25, -0.2) is 0 Å². The number of hydrogen-bond acceptors (Lipinski definition) is 2. The summed E-state index contributed by atoms with van der Waals surface area (Å²) < 4.78 is 0. The number of aryl methyl sites for hydroxylation is 2. The quantitative estimate of drug-likeness (QED) is 0.818. The second kappa shape index (κ2) is 5.29. The van der Waals surface area contributed by atoms with Gasteiger partial charge in [0.2, 0.25) is 0 Å². The van der Waals surface area contributed by atoms with Crippen LogP contribution in [0.3, 0.4) is 0 Å². The minimum Gasteiger partial charge on any atom is -0.329 e. The molecule has 1 atom stereocenters. The van der Waals surface area contributed by atoms with Crippen LogP contribution in [0.4, 0.5) is 0 Å². The molecule has 0 heterocycles. The van der Waals surface area contributed by atoms with Crippen molar-refractivity contribution in [3.8, 4) is 0 Å². The van der Waals surface area contributed by atoms with Gasteiger partial charge in [-0.05, 0) is 44.5 Å². The molecule has 0 aliphatic heterocycles. The van der Waals surface area contributed by atoms with Crippen molar-refractivity contribution in [1.82, 2.24) is 4.90 Å². The average molecular weight is 206 g/mol. The lowest BCUT2D eigenvalue weighted by atomic mass is 10.0. The van der Waals surface area contributed by atoms with E-state index in [2.05, 4.69) is 50.9 Å². The highest BCUT2D eigenvalue weighted by Gasteiger charge is 2.10. The average Bonchev–Trinajstić information content (AvgIpc) is 2.21. The molecular weight excluding hydrogens is 184 g/mol. The van der Waals surface area contributed by atoms with Crippen molar-refractivity contribution < 1.29 is 0 Å². The van der Waals surface area contributed by atoms with Gasteiger partial charge in [-0.2, -0.15) is 0 Å². The lowest BCUT2D eigenvalue weighted by molar-refractivity contribution is 0.269. The summed E-state index contributed by atoms with van der Waals surface area (Å²) in [4.78, 5) is 2.28. The van der Waals surface area contributed by atoms with Crippen molar-refractivity contribution >= 4 is 0 Å². The Labute approximate surface area is 93.1 Å². The van der Waals surface area contributed by atoms with E-state index in [-0.39, 0.29) is 0 Å². The Kier molecular flexibility index (Phi) is 4.30. The van der Waals surface area contributed by atoms with E-state index in [0.29, 0.717) is 12.6 Å². The van der Waals surface area contributed by atoms with E-state index in [9.17, 15) is 0 Å². The van der Waals surface area contributed by atoms with E-state index < -0.39 is 0 Å². The summed E-state index contributed by atoms with van der Waals surface area (Å²) >= 11 is 0. The SMILES string of the molecule is Cc1ccc(C(C)N(C)CCN)cc1C. The Hall–Kier alpha value is -0.860. The van der Waals surface area contributed by atoms with E-state index >= 15 is 0 Å². The molecule has 0 amide bonds. The summed E-state index contributed by atoms with van der Waals surface area (Å²) in [5, 5.41) is 0. The molecule has 1 aromatic rings. The standard InChI is InChI=1S/C13H22N2/c1-10-5-6-13(9-11(10)2)12(3)15(4)8-7-14/h5-6,9,12H,7-8,14H2,1-4H3. The van der Waals surface area contributed by atoms with Gasteiger partial charge in [-0.15, -0.1) is 0 Å². The molecule has 1 rings (SSSR count). The predicted molar refractivity (Wildman–Crippen MR) is 66.0 cm³/mol. The first-order chi connectivity index (χ1) is 7.06. The van der Waals surface area contributed by atoms with Gasteiger partial charge in [-0.3, -0.25) is 4.90 Å². The van der Waals surface area contributed by atoms with Gasteiger partial charge in [0.05, 0.1) is 0 Å². The Balaban J connectivity index is 2.81. The molecule has 2 heteroatoms. The van der Waals surface area contributed by atoms with Gasteiger partial charge < -0.3 is 5.73 Å². The van der Waals surface area contributed by atoms with Crippen LogP contribution in [-0.2, 0) is 0 Å². The topological polar surface area (TPSA) is 29.3 Å². The molecule has 2 nitrogen and oxygen atoms in total. The highest BCUT2D eigenvalue weighted by atomic mass is 15.1. The summed E-state index contributed by atoms with van der Waals surface area (Å²) in [6.07, 6.45) is 0. The van der Waals surface area contributed by atoms with Crippen LogP contribution in [0.5, 0.6) is 0 Å². The molecule has 0 spiro atoms. The number of likely N-dealkylation sites (N-methyl/N-ethyl adjacent to an activating group) is 1. The zero-order valence-electron chi connectivity index (χ0n) is 10.2. The Morgan fingerprint density at radius 2 is 1.93 bits per heavy atom. The maximum absolute atomic E-state index is 5.56. The lowest BCUT2D eigenvalue weighted by Crippen LogP contribution is -2.28. The van der Waals surface area contributed by atoms with Crippen molar-refractivity contribution in [2.75, 3.05) is 20.1 Å². The van der Waals surface area contributed by atoms with Crippen LogP contribution in [0.25, 0.3) is 0 Å². The third kappa shape index (κ3) is 3.05. The minimum absolute atomic E-state index is 0.438. The number of rotatable bonds is 4. The molecule has 0 aliphatic rings. The van der Waals surface area contributed by atoms with E-state index in [1.54, 1.807) is 0 Å². The van der Waals surface area contributed by atoms with Crippen molar-refractivity contribution in [1.29, 1.82) is 0 Å². The van der Waals surface area contributed by atoms with E-state index in [0.717, 1.165) is 6.54 Å². The van der Waals surface area contributed by atoms with Gasteiger partial charge in [0.15, 0.2) is 0 Å². The molecule has 0 aliphatic carbocycles. The van der Waals surface area contributed by atoms with Gasteiger partial charge >= 0.3 is 0 Å². The van der Waals surface area contributed by atoms with Crippen LogP contribution in [0.15, 0.2) is 18.2 Å². The minimum atomic E-state index is 0.438. The van der Waals surface area contributed by atoms with Crippen molar-refractivity contribution in [3.05, 3.63) is 34.9 Å². The molecule has 0 radical (unpaired) electrons. The zero-order valence-corrected chi connectivity index (χ0v) is 10.2. The first kappa shape index (κ1) is 12.2. The highest BCUT2D eigenvalue weighted by Crippen LogP contribution is 2.20. The first-order valence-electron chi connectivity index (χ1n) is 5.53. The van der Waals surface area contributed by atoms with Gasteiger partial charge in [0, 0.05) is 19.1 Å². The first-order valence-corrected chi connectivity index (χ1v) is 5.53. The van der Waals surface area contributed by atoms with E-state index in [1.165, 1.54) is 16.7 Å². The molecule has 0 saturated carbocycles. The van der Waals surface area contributed by atoms with Crippen LogP contribution in [-0.4, -0.2) is 25.0 Å². The maximum atomic E-state index is 5.56. The Bertz CT molecular complexity index is 320. The molecule has 0 fully saturated rings. The van der Waals surface area contributed by atoms with Gasteiger partial charge in [0.1, 0.15) is 0 Å². The van der Waals surface area contributed by atoms with Crippen molar-refractivity contribution in [3.63, 3.8) is 0 Å². The van der Waals surface area contributed by atoms with Crippen LogP contribution in [0.2, 0.25) is 0 Å². The van der Waals surface area contributed by atoms with Crippen LogP contribution < -0.4 is 5.73 Å². The lowest BCUT2D eigenvalue weighted by Gasteiger charge is -2.24. The molecule has 0 aromatic heterocycles. The molecule has 1 unspecified atom stereocenters. The highest BCUT2D eigenvalue weighted by molar-refractivity contribution is 5.31. The monoisotopic (exact) mass is 206 g/mol. The second-order valence-electron chi connectivity index (χ2n) is 4.29. The largest absolute Gasteiger partial charge is 0.329 e. The summed E-state index contributed by atoms with van der Waals surface area (Å²) in [6, 6.07) is 7.11. The maximum Gasteiger partial charge on any atom is 0.0317 e. The fraction of sp³-hybridized carbons (Fsp3) is 0.538. The number of nitrogens with zero attached hydrogens (tertiary/aromatic N) is 1. The van der Waals surface area contributed by atoms with Gasteiger partial charge in [-0.1, -0.05) is 18.2 Å². The summed E-state index contributed by atoms with van der Waals surface area (Å²) in [7, 11) is 2.12. The number of benzene rings is 1. The van der Waals surface area contributed by atoms with Crippen molar-refractivity contribution in [2.24, 2.45) is 5.73 Å². The van der Waals surface area contributed by atoms with Crippen LogP contribution in [0.1, 0.15) is 29.7 Å². The second-order valence-corrected chi connectivity index (χ2v) is 4.29. The zero-order chi connectivity index (χ0) is 11.4. The third-order valence-corrected chi connectivity index (χ3v) is 3.16. The molecule has 84 valence electrons. The molecule has 1 aromatic carbocycles. The summed E-state index contributed by atoms with van der Waals surface area (Å²) in [6.45, 7) is 8.18. The van der Waals surface area contributed by atoms with E-state index in [4.69, 9.17) is 5.73 Å². The summed E-state index contributed by atoms with van der Waals surface area (Å²) in [5.74, 6) is 0. The smallest absolute Gasteiger partial charge is 0.0317 e. The normalized spacial score (nSPS) is 13.2. The third-order valence-electron chi connectivity index (χ3n) is 3.16. The fourth-order valence-corrected chi connectivity index (χ4v) is 1.68. The number of hydrogen-bond donors (Lipinski definition) is 1. The van der Waals surface area contributed by atoms with Crippen LogP contribution >= 0.6 is 0 Å². The van der Waals surface area contributed by atoms with Crippen molar-refractivity contribution in [2.45, 2.75) is 26.8 Å². The molecular formula is C13H22N2. The molecule has 15 heavy (non-hydrogen) atoms. The Morgan fingerprint density at radius 3 is 2.47 bits per heavy atom. The number of nitrogens with two attached hydrogens (primary N) is 1. The predicted octanol–water partition coefficient (Wildman–Crippen LogP) is 2.25. The van der Waals surface area contributed by atoms with Gasteiger partial charge in [0.25, 0.3) is 0 Å². The van der Waals surface area contributed by atoms with E-state index in [1.807, 2.05) is 0 Å². The fourth-order valence-electron chi connectivity index (χ4n) is 1.68. The molecule has 0 bridgehead atoms. The molecule has 2 N–H and O–H groups in total. The van der Waals surface area contributed by atoms with Crippen LogP contribution in [0, 0.1) is 13.8 Å². The molecule has 0 saturated heterocycles.